The standard InChI is InChI=1S/C17H18N2O3/c1-2-10-22-16-8-6-13(7-9-16)12-18-19-15-5-3-4-14(11-15)17(20)21/h3-9,11-12,19H,2,10H2,1H3,(H,20,21). The highest BCUT2D eigenvalue weighted by Crippen LogP contribution is 2.12. The Hall–Kier alpha value is -2.82. The number of nitrogens with one attached hydrogen (secondary N) is 1. The van der Waals surface area contributed by atoms with Gasteiger partial charge in [0.2, 0.25) is 0 Å². The average Bonchev–Trinajstić information content (AvgIpc) is 2.54. The Morgan fingerprint density at radius 3 is 2.73 bits per heavy atom. The molecule has 0 aromatic heterocycles. The summed E-state index contributed by atoms with van der Waals surface area (Å²) in [4.78, 5) is 10.9. The predicted molar refractivity (Wildman–Crippen MR) is 86.8 cm³/mol. The number of carboxylic acids is 1. The molecule has 0 bridgehead atoms. The van der Waals surface area contributed by atoms with Crippen molar-refractivity contribution in [1.82, 2.24) is 0 Å². The van der Waals surface area contributed by atoms with Crippen LogP contribution in [0.1, 0.15) is 29.3 Å². The molecule has 0 spiro atoms. The molecular weight excluding hydrogens is 280 g/mol. The van der Waals surface area contributed by atoms with Crippen LogP contribution in [0.2, 0.25) is 0 Å². The van der Waals surface area contributed by atoms with Gasteiger partial charge in [0.1, 0.15) is 5.75 Å². The minimum absolute atomic E-state index is 0.220. The molecule has 22 heavy (non-hydrogen) atoms. The Labute approximate surface area is 129 Å². The number of carbonyl (C=O) groups is 1. The Kier molecular flexibility index (Phi) is 5.54. The molecule has 0 atom stereocenters. The summed E-state index contributed by atoms with van der Waals surface area (Å²) in [7, 11) is 0. The first-order chi connectivity index (χ1) is 10.7. The second-order valence-electron chi connectivity index (χ2n) is 4.67. The fourth-order valence-electron chi connectivity index (χ4n) is 1.77. The smallest absolute Gasteiger partial charge is 0.335 e. The molecule has 0 aliphatic rings. The van der Waals surface area contributed by atoms with Crippen LogP contribution >= 0.6 is 0 Å². The molecule has 5 heteroatoms. The van der Waals surface area contributed by atoms with Crippen molar-refractivity contribution in [1.29, 1.82) is 0 Å². The fraction of sp³-hybridized carbons (Fsp3) is 0.176. The second-order valence-corrected chi connectivity index (χ2v) is 4.67. The van der Waals surface area contributed by atoms with Crippen molar-refractivity contribution in [2.45, 2.75) is 13.3 Å². The lowest BCUT2D eigenvalue weighted by atomic mass is 10.2. The van der Waals surface area contributed by atoms with Crippen LogP contribution in [0.3, 0.4) is 0 Å². The third-order valence-corrected chi connectivity index (χ3v) is 2.87. The topological polar surface area (TPSA) is 70.9 Å². The van der Waals surface area contributed by atoms with Gasteiger partial charge in [0.05, 0.1) is 24.1 Å². The van der Waals surface area contributed by atoms with Gasteiger partial charge in [0.15, 0.2) is 0 Å². The molecule has 0 unspecified atom stereocenters. The Bertz CT molecular complexity index is 651. The van der Waals surface area contributed by atoms with Crippen molar-refractivity contribution in [2.75, 3.05) is 12.0 Å². The number of hydrogen-bond donors (Lipinski definition) is 2. The molecule has 0 fully saturated rings. The molecule has 2 rings (SSSR count). The van der Waals surface area contributed by atoms with Crippen molar-refractivity contribution in [2.24, 2.45) is 5.10 Å². The first kappa shape index (κ1) is 15.6. The van der Waals surface area contributed by atoms with Crippen LogP contribution in [-0.2, 0) is 0 Å². The molecule has 0 radical (unpaired) electrons. The van der Waals surface area contributed by atoms with Gasteiger partial charge in [0, 0.05) is 0 Å². The molecular formula is C17H18N2O3. The maximum Gasteiger partial charge on any atom is 0.335 e. The van der Waals surface area contributed by atoms with Crippen LogP contribution in [0.4, 0.5) is 5.69 Å². The van der Waals surface area contributed by atoms with Crippen molar-refractivity contribution >= 4 is 17.9 Å². The lowest BCUT2D eigenvalue weighted by Gasteiger charge is -2.04. The van der Waals surface area contributed by atoms with Gasteiger partial charge in [-0.25, -0.2) is 4.79 Å². The summed E-state index contributed by atoms with van der Waals surface area (Å²) in [5, 5.41) is 13.0. The molecule has 5 nitrogen and oxygen atoms in total. The molecule has 2 aromatic rings. The number of benzene rings is 2. The lowest BCUT2D eigenvalue weighted by molar-refractivity contribution is 0.0697. The van der Waals surface area contributed by atoms with Crippen LogP contribution in [0.5, 0.6) is 5.75 Å². The summed E-state index contributed by atoms with van der Waals surface area (Å²) < 4.78 is 5.50. The Morgan fingerprint density at radius 1 is 1.27 bits per heavy atom. The number of hydrogen-bond acceptors (Lipinski definition) is 4. The van der Waals surface area contributed by atoms with E-state index in [1.54, 1.807) is 18.3 Å². The van der Waals surface area contributed by atoms with E-state index in [0.717, 1.165) is 17.7 Å². The molecule has 0 saturated heterocycles. The minimum Gasteiger partial charge on any atom is -0.494 e. The average molecular weight is 298 g/mol. The van der Waals surface area contributed by atoms with E-state index in [1.807, 2.05) is 24.3 Å². The van der Waals surface area contributed by atoms with Crippen molar-refractivity contribution < 1.29 is 14.6 Å². The van der Waals surface area contributed by atoms with Gasteiger partial charge in [-0.3, -0.25) is 5.43 Å². The molecule has 0 saturated carbocycles. The van der Waals surface area contributed by atoms with Crippen LogP contribution in [-0.4, -0.2) is 23.9 Å². The number of aromatic carboxylic acids is 1. The molecule has 2 aromatic carbocycles. The summed E-state index contributed by atoms with van der Waals surface area (Å²) in [6, 6.07) is 14.1. The van der Waals surface area contributed by atoms with Gasteiger partial charge in [-0.2, -0.15) is 5.10 Å². The van der Waals surface area contributed by atoms with Crippen LogP contribution in [0.25, 0.3) is 0 Å². The summed E-state index contributed by atoms with van der Waals surface area (Å²) in [6.45, 7) is 2.76. The summed E-state index contributed by atoms with van der Waals surface area (Å²) >= 11 is 0. The van der Waals surface area contributed by atoms with E-state index in [2.05, 4.69) is 17.5 Å². The van der Waals surface area contributed by atoms with E-state index in [4.69, 9.17) is 9.84 Å². The van der Waals surface area contributed by atoms with E-state index in [1.165, 1.54) is 12.1 Å². The highest BCUT2D eigenvalue weighted by atomic mass is 16.5. The normalized spacial score (nSPS) is 10.6. The van der Waals surface area contributed by atoms with E-state index < -0.39 is 5.97 Å². The number of ether oxygens (including phenoxy) is 1. The van der Waals surface area contributed by atoms with Crippen LogP contribution in [0, 0.1) is 0 Å². The van der Waals surface area contributed by atoms with Crippen LogP contribution < -0.4 is 10.2 Å². The van der Waals surface area contributed by atoms with E-state index in [0.29, 0.717) is 12.3 Å². The zero-order valence-corrected chi connectivity index (χ0v) is 12.3. The van der Waals surface area contributed by atoms with E-state index >= 15 is 0 Å². The quantitative estimate of drug-likeness (QED) is 0.605. The Morgan fingerprint density at radius 2 is 2.05 bits per heavy atom. The number of nitrogens with zero attached hydrogens (tertiary/aromatic N) is 1. The highest BCUT2D eigenvalue weighted by molar-refractivity contribution is 5.88. The Balaban J connectivity index is 1.94. The predicted octanol–water partition coefficient (Wildman–Crippen LogP) is 3.62. The highest BCUT2D eigenvalue weighted by Gasteiger charge is 2.02. The van der Waals surface area contributed by atoms with Gasteiger partial charge in [0.25, 0.3) is 0 Å². The van der Waals surface area contributed by atoms with Crippen molar-refractivity contribution in [3.8, 4) is 5.75 Å². The van der Waals surface area contributed by atoms with E-state index in [9.17, 15) is 4.79 Å². The second kappa shape index (κ2) is 7.83. The molecule has 0 aliphatic carbocycles. The number of anilines is 1. The monoisotopic (exact) mass is 298 g/mol. The SMILES string of the molecule is CCCOc1ccc(C=NNc2cccc(C(=O)O)c2)cc1. The zero-order valence-electron chi connectivity index (χ0n) is 12.3. The number of rotatable bonds is 7. The van der Waals surface area contributed by atoms with Gasteiger partial charge in [-0.1, -0.05) is 13.0 Å². The largest absolute Gasteiger partial charge is 0.494 e. The van der Waals surface area contributed by atoms with Gasteiger partial charge < -0.3 is 9.84 Å². The van der Waals surface area contributed by atoms with Crippen molar-refractivity contribution in [3.63, 3.8) is 0 Å². The number of carboxylic acid groups (broad SMARTS) is 1. The van der Waals surface area contributed by atoms with Gasteiger partial charge in [-0.05, 0) is 54.4 Å². The van der Waals surface area contributed by atoms with Crippen molar-refractivity contribution in [3.05, 3.63) is 59.7 Å². The first-order valence-electron chi connectivity index (χ1n) is 7.04. The maximum absolute atomic E-state index is 10.9. The lowest BCUT2D eigenvalue weighted by Crippen LogP contribution is -1.98. The fourth-order valence-corrected chi connectivity index (χ4v) is 1.77. The zero-order chi connectivity index (χ0) is 15.8. The molecule has 2 N–H and O–H groups in total. The van der Waals surface area contributed by atoms with Gasteiger partial charge >= 0.3 is 5.97 Å². The van der Waals surface area contributed by atoms with Gasteiger partial charge in [-0.15, -0.1) is 0 Å². The molecule has 0 aliphatic heterocycles. The third-order valence-electron chi connectivity index (χ3n) is 2.87. The number of hydrazone groups is 1. The summed E-state index contributed by atoms with van der Waals surface area (Å²) in [5.74, 6) is -0.128. The third kappa shape index (κ3) is 4.63. The molecule has 114 valence electrons. The molecule has 0 heterocycles. The summed E-state index contributed by atoms with van der Waals surface area (Å²) in [6.07, 6.45) is 2.64. The minimum atomic E-state index is -0.963. The molecule has 0 amide bonds. The van der Waals surface area contributed by atoms with E-state index in [-0.39, 0.29) is 5.56 Å². The summed E-state index contributed by atoms with van der Waals surface area (Å²) in [5.41, 5.74) is 4.58. The maximum atomic E-state index is 10.9. The first-order valence-corrected chi connectivity index (χ1v) is 7.04. The van der Waals surface area contributed by atoms with Crippen LogP contribution in [0.15, 0.2) is 53.6 Å².